The normalized spacial score (nSPS) is 16.6. The first-order valence-electron chi connectivity index (χ1n) is 6.72. The summed E-state index contributed by atoms with van der Waals surface area (Å²) in [6, 6.07) is 5.96. The predicted molar refractivity (Wildman–Crippen MR) is 84.8 cm³/mol. The molecule has 0 bridgehead atoms. The molecule has 0 fully saturated rings. The van der Waals surface area contributed by atoms with Crippen LogP contribution in [0.25, 0.3) is 0 Å². The molecule has 0 saturated carbocycles. The Kier molecular flexibility index (Phi) is 3.87. The average Bonchev–Trinajstić information content (AvgIpc) is 2.53. The molecule has 0 aliphatic carbocycles. The van der Waals surface area contributed by atoms with Crippen molar-refractivity contribution in [2.24, 2.45) is 0 Å². The van der Waals surface area contributed by atoms with Crippen molar-refractivity contribution in [3.05, 3.63) is 55.9 Å². The van der Waals surface area contributed by atoms with Crippen LogP contribution in [0.4, 0.5) is 11.5 Å². The van der Waals surface area contributed by atoms with Gasteiger partial charge in [0.1, 0.15) is 5.82 Å². The third-order valence-electron chi connectivity index (χ3n) is 3.61. The quantitative estimate of drug-likeness (QED) is 0.383. The third-order valence-corrected chi connectivity index (χ3v) is 4.19. The molecule has 1 amide bonds. The minimum absolute atomic E-state index is 0.0392. The number of anilines is 1. The van der Waals surface area contributed by atoms with E-state index in [1.807, 2.05) is 0 Å². The number of amides is 1. The molecule has 1 unspecified atom stereocenters. The second-order valence-electron chi connectivity index (χ2n) is 4.99. The first-order chi connectivity index (χ1) is 11.0. The molecule has 8 nitrogen and oxygen atoms in total. The van der Waals surface area contributed by atoms with Crippen molar-refractivity contribution in [1.29, 1.82) is 0 Å². The molecule has 1 aromatic carbocycles. The predicted octanol–water partition coefficient (Wildman–Crippen LogP) is 1.87. The van der Waals surface area contributed by atoms with Crippen molar-refractivity contribution in [3.8, 4) is 0 Å². The first kappa shape index (κ1) is 15.2. The van der Waals surface area contributed by atoms with Gasteiger partial charge in [-0.15, -0.1) is 0 Å². The molecule has 0 saturated heterocycles. The van der Waals surface area contributed by atoms with E-state index in [0.717, 1.165) is 0 Å². The van der Waals surface area contributed by atoms with Crippen LogP contribution in [0.5, 0.6) is 0 Å². The Balaban J connectivity index is 2.16. The summed E-state index contributed by atoms with van der Waals surface area (Å²) >= 11 is 1.25. The maximum absolute atomic E-state index is 12.4. The summed E-state index contributed by atoms with van der Waals surface area (Å²) in [6.07, 6.45) is 1.80. The number of nitrogens with zero attached hydrogens (tertiary/aromatic N) is 2. The van der Waals surface area contributed by atoms with Gasteiger partial charge in [-0.3, -0.25) is 19.7 Å². The van der Waals surface area contributed by atoms with Crippen LogP contribution >= 0.6 is 11.8 Å². The van der Waals surface area contributed by atoms with Gasteiger partial charge in [-0.25, -0.2) is 4.98 Å². The smallest absolute Gasteiger partial charge is 0.269 e. The van der Waals surface area contributed by atoms with Gasteiger partial charge in [0.25, 0.3) is 11.2 Å². The lowest BCUT2D eigenvalue weighted by molar-refractivity contribution is -0.384. The van der Waals surface area contributed by atoms with Crippen LogP contribution in [0.15, 0.2) is 34.2 Å². The standard InChI is InChI=1S/C14H12N4O4S/c1-23-14-16-12-11(13(20)17-14)9(6-10(19)15-12)7-3-2-4-8(5-7)18(21)22/h2-5,9H,6H2,1H3,(H2,15,16,17,19,20). The van der Waals surface area contributed by atoms with Gasteiger partial charge in [0.2, 0.25) is 5.91 Å². The summed E-state index contributed by atoms with van der Waals surface area (Å²) < 4.78 is 0. The molecule has 0 radical (unpaired) electrons. The first-order valence-corrected chi connectivity index (χ1v) is 7.94. The van der Waals surface area contributed by atoms with Crippen LogP contribution in [0.1, 0.15) is 23.5 Å². The Morgan fingerprint density at radius 1 is 1.39 bits per heavy atom. The van der Waals surface area contributed by atoms with Crippen molar-refractivity contribution in [2.75, 3.05) is 11.6 Å². The van der Waals surface area contributed by atoms with Crippen LogP contribution in [0.3, 0.4) is 0 Å². The van der Waals surface area contributed by atoms with Gasteiger partial charge in [-0.2, -0.15) is 0 Å². The number of aromatic nitrogens is 2. The molecule has 2 aromatic rings. The van der Waals surface area contributed by atoms with Crippen molar-refractivity contribution in [1.82, 2.24) is 9.97 Å². The van der Waals surface area contributed by atoms with Crippen molar-refractivity contribution in [3.63, 3.8) is 0 Å². The number of carbonyl (C=O) groups is 1. The number of non-ortho nitro benzene ring substituents is 1. The summed E-state index contributed by atoms with van der Waals surface area (Å²) in [6.45, 7) is 0. The number of rotatable bonds is 3. The van der Waals surface area contributed by atoms with Crippen molar-refractivity contribution < 1.29 is 9.72 Å². The van der Waals surface area contributed by atoms with Gasteiger partial charge < -0.3 is 10.3 Å². The number of nitrogens with one attached hydrogen (secondary N) is 2. The van der Waals surface area contributed by atoms with Crippen LogP contribution in [-0.2, 0) is 4.79 Å². The molecule has 1 atom stereocenters. The maximum atomic E-state index is 12.4. The SMILES string of the molecule is CSc1nc2c(c(=O)[nH]1)C(c1cccc([N+](=O)[O-])c1)CC(=O)N2. The van der Waals surface area contributed by atoms with E-state index < -0.39 is 10.8 Å². The number of nitro groups is 1. The highest BCUT2D eigenvalue weighted by Gasteiger charge is 2.31. The lowest BCUT2D eigenvalue weighted by Crippen LogP contribution is -2.31. The van der Waals surface area contributed by atoms with Gasteiger partial charge in [0, 0.05) is 24.5 Å². The van der Waals surface area contributed by atoms with Crippen LogP contribution in [0, 0.1) is 10.1 Å². The number of fused-ring (bicyclic) bond motifs is 1. The molecule has 23 heavy (non-hydrogen) atoms. The molecule has 118 valence electrons. The van der Waals surface area contributed by atoms with Crippen molar-refractivity contribution in [2.45, 2.75) is 17.5 Å². The summed E-state index contributed by atoms with van der Waals surface area (Å²) in [5, 5.41) is 13.9. The maximum Gasteiger partial charge on any atom is 0.269 e. The molecule has 1 aromatic heterocycles. The fourth-order valence-corrected chi connectivity index (χ4v) is 2.96. The molecule has 1 aliphatic rings. The second-order valence-corrected chi connectivity index (χ2v) is 5.79. The minimum Gasteiger partial charge on any atom is -0.310 e. The summed E-state index contributed by atoms with van der Waals surface area (Å²) in [4.78, 5) is 41.6. The van der Waals surface area contributed by atoms with Crippen LogP contribution in [-0.4, -0.2) is 27.1 Å². The van der Waals surface area contributed by atoms with E-state index >= 15 is 0 Å². The van der Waals surface area contributed by atoms with E-state index in [1.54, 1.807) is 12.3 Å². The van der Waals surface area contributed by atoms with E-state index in [4.69, 9.17) is 0 Å². The Labute approximate surface area is 134 Å². The van der Waals surface area contributed by atoms with E-state index in [0.29, 0.717) is 16.3 Å². The third kappa shape index (κ3) is 2.82. The van der Waals surface area contributed by atoms with Crippen LogP contribution < -0.4 is 10.9 Å². The summed E-state index contributed by atoms with van der Waals surface area (Å²) in [7, 11) is 0. The average molecular weight is 332 g/mol. The topological polar surface area (TPSA) is 118 Å². The lowest BCUT2D eigenvalue weighted by Gasteiger charge is -2.24. The number of carbonyl (C=O) groups excluding carboxylic acids is 1. The Morgan fingerprint density at radius 2 is 2.17 bits per heavy atom. The zero-order valence-corrected chi connectivity index (χ0v) is 12.8. The van der Waals surface area contributed by atoms with E-state index in [-0.39, 0.29) is 29.4 Å². The second kappa shape index (κ2) is 5.84. The van der Waals surface area contributed by atoms with Crippen molar-refractivity contribution >= 4 is 29.2 Å². The highest BCUT2D eigenvalue weighted by Crippen LogP contribution is 2.35. The number of H-pyrrole nitrogens is 1. The molecular weight excluding hydrogens is 320 g/mol. The zero-order valence-electron chi connectivity index (χ0n) is 12.0. The zero-order chi connectivity index (χ0) is 16.6. The fraction of sp³-hybridized carbons (Fsp3) is 0.214. The molecule has 0 spiro atoms. The van der Waals surface area contributed by atoms with Gasteiger partial charge >= 0.3 is 0 Å². The molecule has 1 aliphatic heterocycles. The number of aromatic amines is 1. The largest absolute Gasteiger partial charge is 0.310 e. The van der Waals surface area contributed by atoms with E-state index in [9.17, 15) is 19.7 Å². The number of benzene rings is 1. The fourth-order valence-electron chi connectivity index (χ4n) is 2.59. The summed E-state index contributed by atoms with van der Waals surface area (Å²) in [5.74, 6) is -0.629. The monoisotopic (exact) mass is 332 g/mol. The van der Waals surface area contributed by atoms with E-state index in [2.05, 4.69) is 15.3 Å². The number of hydrogen-bond donors (Lipinski definition) is 2. The van der Waals surface area contributed by atoms with Gasteiger partial charge in [-0.1, -0.05) is 23.9 Å². The lowest BCUT2D eigenvalue weighted by atomic mass is 9.86. The van der Waals surface area contributed by atoms with Gasteiger partial charge in [-0.05, 0) is 11.8 Å². The molecule has 2 heterocycles. The Hall–Kier alpha value is -2.68. The number of nitro benzene ring substituents is 1. The Bertz CT molecular complexity index is 864. The number of hydrogen-bond acceptors (Lipinski definition) is 6. The molecule has 2 N–H and O–H groups in total. The molecule has 9 heteroatoms. The summed E-state index contributed by atoms with van der Waals surface area (Å²) in [5.41, 5.74) is 0.429. The Morgan fingerprint density at radius 3 is 2.87 bits per heavy atom. The number of thioether (sulfide) groups is 1. The minimum atomic E-state index is -0.564. The van der Waals surface area contributed by atoms with Gasteiger partial charge in [0.05, 0.1) is 10.5 Å². The molecular formula is C14H12N4O4S. The van der Waals surface area contributed by atoms with E-state index in [1.165, 1.54) is 30.0 Å². The van der Waals surface area contributed by atoms with Crippen LogP contribution in [0.2, 0.25) is 0 Å². The highest BCUT2D eigenvalue weighted by molar-refractivity contribution is 7.98. The molecule has 3 rings (SSSR count). The highest BCUT2D eigenvalue weighted by atomic mass is 32.2. The van der Waals surface area contributed by atoms with Gasteiger partial charge in [0.15, 0.2) is 5.16 Å².